The van der Waals surface area contributed by atoms with Crippen molar-refractivity contribution in [2.75, 3.05) is 0 Å². The van der Waals surface area contributed by atoms with Gasteiger partial charge in [-0.15, -0.1) is 0 Å². The smallest absolute Gasteiger partial charge is 0.111 e. The molecule has 0 fully saturated rings. The maximum absolute atomic E-state index is 6.14. The lowest BCUT2D eigenvalue weighted by atomic mass is 10.1. The number of aromatic nitrogens is 2. The van der Waals surface area contributed by atoms with E-state index in [1.54, 1.807) is 0 Å². The van der Waals surface area contributed by atoms with Crippen LogP contribution >= 0.6 is 0 Å². The minimum Gasteiger partial charge on any atom is -0.328 e. The van der Waals surface area contributed by atoms with Crippen molar-refractivity contribution in [3.05, 3.63) is 29.6 Å². The second-order valence-corrected chi connectivity index (χ2v) is 5.02. The molecule has 98 valence electrons. The average molecular weight is 245 g/mol. The molecule has 0 spiro atoms. The highest BCUT2D eigenvalue weighted by Crippen LogP contribution is 2.19. The molecular formula is C15H23N3. The molecule has 2 rings (SSSR count). The molecule has 0 saturated heterocycles. The Morgan fingerprint density at radius 3 is 2.78 bits per heavy atom. The molecule has 1 unspecified atom stereocenters. The standard InChI is InChI=1S/C15H23N3/c1-4-6-12(16)10-15-17-13-9-11(3)7-8-14(13)18(15)5-2/h7-9,12H,4-6,10,16H2,1-3H3. The second-order valence-electron chi connectivity index (χ2n) is 5.02. The van der Waals surface area contributed by atoms with Crippen LogP contribution in [0.15, 0.2) is 18.2 Å². The van der Waals surface area contributed by atoms with E-state index in [-0.39, 0.29) is 6.04 Å². The molecule has 1 aromatic heterocycles. The third kappa shape index (κ3) is 2.56. The van der Waals surface area contributed by atoms with Gasteiger partial charge in [-0.3, -0.25) is 0 Å². The van der Waals surface area contributed by atoms with Crippen molar-refractivity contribution in [3.8, 4) is 0 Å². The largest absolute Gasteiger partial charge is 0.328 e. The summed E-state index contributed by atoms with van der Waals surface area (Å²) in [6.45, 7) is 7.39. The fourth-order valence-electron chi connectivity index (χ4n) is 2.51. The van der Waals surface area contributed by atoms with Crippen LogP contribution < -0.4 is 5.73 Å². The van der Waals surface area contributed by atoms with Gasteiger partial charge in [-0.2, -0.15) is 0 Å². The highest BCUT2D eigenvalue weighted by Gasteiger charge is 2.12. The van der Waals surface area contributed by atoms with Crippen LogP contribution in [0.2, 0.25) is 0 Å². The Morgan fingerprint density at radius 2 is 2.11 bits per heavy atom. The van der Waals surface area contributed by atoms with Crippen molar-refractivity contribution < 1.29 is 0 Å². The molecule has 2 N–H and O–H groups in total. The average Bonchev–Trinajstić information content (AvgIpc) is 2.65. The van der Waals surface area contributed by atoms with E-state index in [0.29, 0.717) is 0 Å². The maximum atomic E-state index is 6.14. The highest BCUT2D eigenvalue weighted by atomic mass is 15.1. The minimum absolute atomic E-state index is 0.221. The van der Waals surface area contributed by atoms with E-state index >= 15 is 0 Å². The van der Waals surface area contributed by atoms with E-state index in [4.69, 9.17) is 10.7 Å². The van der Waals surface area contributed by atoms with Gasteiger partial charge in [-0.25, -0.2) is 4.98 Å². The molecule has 0 aliphatic heterocycles. The summed E-state index contributed by atoms with van der Waals surface area (Å²) in [5.41, 5.74) is 9.71. The molecule has 0 aliphatic carbocycles. The van der Waals surface area contributed by atoms with E-state index in [2.05, 4.69) is 43.5 Å². The number of aryl methyl sites for hydroxylation is 2. The number of hydrogen-bond donors (Lipinski definition) is 1. The molecule has 0 amide bonds. The van der Waals surface area contributed by atoms with Gasteiger partial charge in [0, 0.05) is 19.0 Å². The fourth-order valence-corrected chi connectivity index (χ4v) is 2.51. The molecule has 0 radical (unpaired) electrons. The summed E-state index contributed by atoms with van der Waals surface area (Å²) < 4.78 is 2.28. The normalized spacial score (nSPS) is 13.1. The first kappa shape index (κ1) is 13.1. The van der Waals surface area contributed by atoms with Crippen LogP contribution in [0.25, 0.3) is 11.0 Å². The van der Waals surface area contributed by atoms with Gasteiger partial charge in [0.25, 0.3) is 0 Å². The molecule has 3 nitrogen and oxygen atoms in total. The second kappa shape index (κ2) is 5.53. The zero-order valence-electron chi connectivity index (χ0n) is 11.6. The van der Waals surface area contributed by atoms with Crippen LogP contribution in [0, 0.1) is 6.92 Å². The predicted molar refractivity (Wildman–Crippen MR) is 76.7 cm³/mol. The van der Waals surface area contributed by atoms with E-state index < -0.39 is 0 Å². The Morgan fingerprint density at radius 1 is 1.33 bits per heavy atom. The summed E-state index contributed by atoms with van der Waals surface area (Å²) in [5, 5.41) is 0. The third-order valence-electron chi connectivity index (χ3n) is 3.40. The lowest BCUT2D eigenvalue weighted by Crippen LogP contribution is -2.24. The monoisotopic (exact) mass is 245 g/mol. The number of fused-ring (bicyclic) bond motifs is 1. The van der Waals surface area contributed by atoms with Crippen LogP contribution in [-0.4, -0.2) is 15.6 Å². The summed E-state index contributed by atoms with van der Waals surface area (Å²) in [6.07, 6.45) is 3.06. The van der Waals surface area contributed by atoms with Crippen molar-refractivity contribution in [2.45, 2.75) is 52.6 Å². The molecule has 1 aromatic carbocycles. The maximum Gasteiger partial charge on any atom is 0.111 e. The first-order chi connectivity index (χ1) is 8.65. The first-order valence-corrected chi connectivity index (χ1v) is 6.87. The Kier molecular flexibility index (Phi) is 4.02. The summed E-state index contributed by atoms with van der Waals surface area (Å²) in [5.74, 6) is 1.12. The first-order valence-electron chi connectivity index (χ1n) is 6.87. The van der Waals surface area contributed by atoms with Gasteiger partial charge in [-0.05, 0) is 38.0 Å². The minimum atomic E-state index is 0.221. The predicted octanol–water partition coefficient (Wildman–Crippen LogP) is 3.03. The molecule has 3 heteroatoms. The molecule has 1 atom stereocenters. The number of rotatable bonds is 5. The van der Waals surface area contributed by atoms with Gasteiger partial charge in [0.2, 0.25) is 0 Å². The SMILES string of the molecule is CCCC(N)Cc1nc2cc(C)ccc2n1CC. The summed E-state index contributed by atoms with van der Waals surface area (Å²) in [6, 6.07) is 6.68. The van der Waals surface area contributed by atoms with E-state index in [1.165, 1.54) is 11.1 Å². The summed E-state index contributed by atoms with van der Waals surface area (Å²) in [7, 11) is 0. The summed E-state index contributed by atoms with van der Waals surface area (Å²) in [4.78, 5) is 4.75. The van der Waals surface area contributed by atoms with Crippen LogP contribution in [0.1, 0.15) is 38.1 Å². The van der Waals surface area contributed by atoms with E-state index in [9.17, 15) is 0 Å². The molecule has 0 bridgehead atoms. The van der Waals surface area contributed by atoms with Crippen molar-refractivity contribution in [1.29, 1.82) is 0 Å². The Balaban J connectivity index is 2.37. The van der Waals surface area contributed by atoms with Crippen LogP contribution in [0.5, 0.6) is 0 Å². The molecule has 2 aromatic rings. The quantitative estimate of drug-likeness (QED) is 0.880. The molecule has 1 heterocycles. The topological polar surface area (TPSA) is 43.8 Å². The lowest BCUT2D eigenvalue weighted by Gasteiger charge is -2.11. The number of nitrogens with two attached hydrogens (primary N) is 1. The van der Waals surface area contributed by atoms with Gasteiger partial charge < -0.3 is 10.3 Å². The van der Waals surface area contributed by atoms with Crippen molar-refractivity contribution >= 4 is 11.0 Å². The number of benzene rings is 1. The lowest BCUT2D eigenvalue weighted by molar-refractivity contribution is 0.566. The Bertz CT molecular complexity index is 528. The number of imidazole rings is 1. The zero-order valence-corrected chi connectivity index (χ0v) is 11.6. The fraction of sp³-hybridized carbons (Fsp3) is 0.533. The third-order valence-corrected chi connectivity index (χ3v) is 3.40. The van der Waals surface area contributed by atoms with Gasteiger partial charge in [0.05, 0.1) is 11.0 Å². The Hall–Kier alpha value is -1.35. The number of hydrogen-bond acceptors (Lipinski definition) is 2. The Labute approximate surface area is 109 Å². The molecule has 18 heavy (non-hydrogen) atoms. The molecule has 0 aliphatic rings. The van der Waals surface area contributed by atoms with E-state index in [1.807, 2.05) is 0 Å². The number of nitrogens with zero attached hydrogens (tertiary/aromatic N) is 2. The summed E-state index contributed by atoms with van der Waals surface area (Å²) >= 11 is 0. The highest BCUT2D eigenvalue weighted by molar-refractivity contribution is 5.76. The van der Waals surface area contributed by atoms with Gasteiger partial charge in [-0.1, -0.05) is 19.4 Å². The van der Waals surface area contributed by atoms with E-state index in [0.717, 1.165) is 37.1 Å². The van der Waals surface area contributed by atoms with Crippen LogP contribution in [-0.2, 0) is 13.0 Å². The van der Waals surface area contributed by atoms with Crippen molar-refractivity contribution in [2.24, 2.45) is 5.73 Å². The van der Waals surface area contributed by atoms with Crippen LogP contribution in [0.4, 0.5) is 0 Å². The van der Waals surface area contributed by atoms with Crippen LogP contribution in [0.3, 0.4) is 0 Å². The zero-order chi connectivity index (χ0) is 13.1. The van der Waals surface area contributed by atoms with Crippen molar-refractivity contribution in [1.82, 2.24) is 9.55 Å². The molecule has 0 saturated carbocycles. The van der Waals surface area contributed by atoms with Gasteiger partial charge in [0.1, 0.15) is 5.82 Å². The van der Waals surface area contributed by atoms with Gasteiger partial charge in [0.15, 0.2) is 0 Å². The van der Waals surface area contributed by atoms with Gasteiger partial charge >= 0.3 is 0 Å². The molecular weight excluding hydrogens is 222 g/mol. The van der Waals surface area contributed by atoms with Crippen molar-refractivity contribution in [3.63, 3.8) is 0 Å².